The second kappa shape index (κ2) is 6.77. The zero-order valence-corrected chi connectivity index (χ0v) is 9.92. The summed E-state index contributed by atoms with van der Waals surface area (Å²) in [6, 6.07) is 2.30. The third-order valence-corrected chi connectivity index (χ3v) is 2.64. The Morgan fingerprint density at radius 2 is 2.40 bits per heavy atom. The molecule has 0 fully saturated rings. The largest absolute Gasteiger partial charge is 0.383 e. The SMILES string of the molecule is CCC(COC)NCc1ccncc1Cl. The van der Waals surface area contributed by atoms with Gasteiger partial charge < -0.3 is 10.1 Å². The molecule has 0 aliphatic heterocycles. The van der Waals surface area contributed by atoms with Gasteiger partial charge >= 0.3 is 0 Å². The highest BCUT2D eigenvalue weighted by Crippen LogP contribution is 2.13. The maximum absolute atomic E-state index is 5.99. The molecular weight excluding hydrogens is 212 g/mol. The third kappa shape index (κ3) is 4.16. The summed E-state index contributed by atoms with van der Waals surface area (Å²) in [6.07, 6.45) is 4.45. The normalized spacial score (nSPS) is 12.7. The summed E-state index contributed by atoms with van der Waals surface area (Å²) >= 11 is 5.99. The summed E-state index contributed by atoms with van der Waals surface area (Å²) in [5, 5.41) is 4.10. The maximum atomic E-state index is 5.99. The Balaban J connectivity index is 2.45. The van der Waals surface area contributed by atoms with E-state index in [9.17, 15) is 0 Å². The van der Waals surface area contributed by atoms with E-state index in [1.165, 1.54) is 0 Å². The van der Waals surface area contributed by atoms with Crippen molar-refractivity contribution in [1.29, 1.82) is 0 Å². The molecule has 0 aromatic carbocycles. The number of pyridine rings is 1. The van der Waals surface area contributed by atoms with Gasteiger partial charge in [-0.2, -0.15) is 0 Å². The summed E-state index contributed by atoms with van der Waals surface area (Å²) in [4.78, 5) is 3.94. The van der Waals surface area contributed by atoms with Gasteiger partial charge in [-0.25, -0.2) is 0 Å². The Kier molecular flexibility index (Phi) is 5.61. The smallest absolute Gasteiger partial charge is 0.0634 e. The van der Waals surface area contributed by atoms with Gasteiger partial charge in [0.15, 0.2) is 0 Å². The fourth-order valence-corrected chi connectivity index (χ4v) is 1.51. The van der Waals surface area contributed by atoms with Crippen molar-refractivity contribution in [3.05, 3.63) is 29.0 Å². The summed E-state index contributed by atoms with van der Waals surface area (Å²) in [5.41, 5.74) is 1.07. The zero-order chi connectivity index (χ0) is 11.1. The molecule has 0 saturated carbocycles. The van der Waals surface area contributed by atoms with Crippen LogP contribution in [-0.2, 0) is 11.3 Å². The molecule has 1 unspecified atom stereocenters. The number of halogens is 1. The number of nitrogens with zero attached hydrogens (tertiary/aromatic N) is 1. The molecule has 0 aliphatic carbocycles. The molecule has 0 amide bonds. The maximum Gasteiger partial charge on any atom is 0.0634 e. The van der Waals surface area contributed by atoms with Gasteiger partial charge in [-0.05, 0) is 18.1 Å². The first-order valence-corrected chi connectivity index (χ1v) is 5.46. The van der Waals surface area contributed by atoms with Crippen LogP contribution in [0.15, 0.2) is 18.5 Å². The molecule has 1 rings (SSSR count). The summed E-state index contributed by atoms with van der Waals surface area (Å²) in [7, 11) is 1.71. The van der Waals surface area contributed by atoms with Crippen LogP contribution in [-0.4, -0.2) is 24.7 Å². The molecule has 0 aliphatic rings. The van der Waals surface area contributed by atoms with E-state index in [-0.39, 0.29) is 0 Å². The van der Waals surface area contributed by atoms with E-state index in [0.717, 1.165) is 25.1 Å². The van der Waals surface area contributed by atoms with Crippen LogP contribution in [0.5, 0.6) is 0 Å². The second-order valence-electron chi connectivity index (χ2n) is 3.41. The molecule has 0 bridgehead atoms. The van der Waals surface area contributed by atoms with Gasteiger partial charge in [0.05, 0.1) is 11.6 Å². The first-order chi connectivity index (χ1) is 7.27. The number of ether oxygens (including phenoxy) is 1. The van der Waals surface area contributed by atoms with Crippen LogP contribution >= 0.6 is 11.6 Å². The lowest BCUT2D eigenvalue weighted by atomic mass is 10.2. The number of hydrogen-bond donors (Lipinski definition) is 1. The molecule has 0 spiro atoms. The highest BCUT2D eigenvalue weighted by molar-refractivity contribution is 6.31. The average Bonchev–Trinajstić information content (AvgIpc) is 2.26. The van der Waals surface area contributed by atoms with E-state index < -0.39 is 0 Å². The quantitative estimate of drug-likeness (QED) is 0.811. The first-order valence-electron chi connectivity index (χ1n) is 5.08. The molecule has 1 heterocycles. The first kappa shape index (κ1) is 12.4. The van der Waals surface area contributed by atoms with Crippen molar-refractivity contribution in [2.24, 2.45) is 0 Å². The second-order valence-corrected chi connectivity index (χ2v) is 3.82. The zero-order valence-electron chi connectivity index (χ0n) is 9.16. The lowest BCUT2D eigenvalue weighted by molar-refractivity contribution is 0.164. The third-order valence-electron chi connectivity index (χ3n) is 2.30. The fraction of sp³-hybridized carbons (Fsp3) is 0.545. The fourth-order valence-electron chi connectivity index (χ4n) is 1.32. The van der Waals surface area contributed by atoms with Crippen LogP contribution in [0.2, 0.25) is 5.02 Å². The Morgan fingerprint density at radius 1 is 1.60 bits per heavy atom. The van der Waals surface area contributed by atoms with E-state index >= 15 is 0 Å². The lowest BCUT2D eigenvalue weighted by Gasteiger charge is -2.16. The topological polar surface area (TPSA) is 34.1 Å². The molecule has 4 heteroatoms. The van der Waals surface area contributed by atoms with Crippen molar-refractivity contribution >= 4 is 11.6 Å². The minimum atomic E-state index is 0.374. The number of hydrogen-bond acceptors (Lipinski definition) is 3. The standard InChI is InChI=1S/C11H17ClN2O/c1-3-10(8-15-2)14-6-9-4-5-13-7-11(9)12/h4-5,7,10,14H,3,6,8H2,1-2H3. The highest BCUT2D eigenvalue weighted by atomic mass is 35.5. The molecule has 1 aromatic heterocycles. The molecule has 0 radical (unpaired) electrons. The number of rotatable bonds is 6. The van der Waals surface area contributed by atoms with Crippen molar-refractivity contribution in [3.8, 4) is 0 Å². The molecule has 15 heavy (non-hydrogen) atoms. The molecule has 3 nitrogen and oxygen atoms in total. The molecule has 0 saturated heterocycles. The van der Waals surface area contributed by atoms with Crippen LogP contribution in [0.3, 0.4) is 0 Å². The van der Waals surface area contributed by atoms with Gasteiger partial charge in [-0.3, -0.25) is 4.98 Å². The Morgan fingerprint density at radius 3 is 3.00 bits per heavy atom. The number of aromatic nitrogens is 1. The van der Waals surface area contributed by atoms with Gasteiger partial charge in [0.2, 0.25) is 0 Å². The summed E-state index contributed by atoms with van der Waals surface area (Å²) in [5.74, 6) is 0. The van der Waals surface area contributed by atoms with E-state index in [1.54, 1.807) is 19.5 Å². The van der Waals surface area contributed by atoms with E-state index in [2.05, 4.69) is 17.2 Å². The Hall–Kier alpha value is -0.640. The molecule has 1 N–H and O–H groups in total. The van der Waals surface area contributed by atoms with E-state index in [4.69, 9.17) is 16.3 Å². The minimum absolute atomic E-state index is 0.374. The van der Waals surface area contributed by atoms with Crippen LogP contribution in [0.4, 0.5) is 0 Å². The van der Waals surface area contributed by atoms with Crippen molar-refractivity contribution in [1.82, 2.24) is 10.3 Å². The van der Waals surface area contributed by atoms with E-state index in [1.807, 2.05) is 6.07 Å². The predicted molar refractivity (Wildman–Crippen MR) is 62.0 cm³/mol. The Labute approximate surface area is 95.8 Å². The monoisotopic (exact) mass is 228 g/mol. The van der Waals surface area contributed by atoms with Gasteiger partial charge in [-0.1, -0.05) is 18.5 Å². The molecular formula is C11H17ClN2O. The molecule has 1 atom stereocenters. The Bertz CT molecular complexity index is 294. The highest BCUT2D eigenvalue weighted by Gasteiger charge is 2.06. The van der Waals surface area contributed by atoms with Gasteiger partial charge in [0.25, 0.3) is 0 Å². The lowest BCUT2D eigenvalue weighted by Crippen LogP contribution is -2.32. The van der Waals surface area contributed by atoms with Crippen LogP contribution in [0, 0.1) is 0 Å². The van der Waals surface area contributed by atoms with Crippen LogP contribution < -0.4 is 5.32 Å². The van der Waals surface area contributed by atoms with Gasteiger partial charge in [0, 0.05) is 32.1 Å². The van der Waals surface area contributed by atoms with Gasteiger partial charge in [-0.15, -0.1) is 0 Å². The summed E-state index contributed by atoms with van der Waals surface area (Å²) < 4.78 is 5.11. The molecule has 84 valence electrons. The van der Waals surface area contributed by atoms with Gasteiger partial charge in [0.1, 0.15) is 0 Å². The number of nitrogens with one attached hydrogen (secondary N) is 1. The van der Waals surface area contributed by atoms with Crippen LogP contribution in [0.1, 0.15) is 18.9 Å². The van der Waals surface area contributed by atoms with Crippen molar-refractivity contribution < 1.29 is 4.74 Å². The van der Waals surface area contributed by atoms with Crippen molar-refractivity contribution in [2.45, 2.75) is 25.9 Å². The predicted octanol–water partition coefficient (Wildman–Crippen LogP) is 2.25. The number of methoxy groups -OCH3 is 1. The minimum Gasteiger partial charge on any atom is -0.383 e. The van der Waals surface area contributed by atoms with Crippen molar-refractivity contribution in [2.75, 3.05) is 13.7 Å². The average molecular weight is 229 g/mol. The molecule has 1 aromatic rings. The van der Waals surface area contributed by atoms with Crippen LogP contribution in [0.25, 0.3) is 0 Å². The van der Waals surface area contributed by atoms with Crippen molar-refractivity contribution in [3.63, 3.8) is 0 Å². The summed E-state index contributed by atoms with van der Waals surface area (Å²) in [6.45, 7) is 3.60. The van der Waals surface area contributed by atoms with E-state index in [0.29, 0.717) is 11.1 Å².